The van der Waals surface area contributed by atoms with Gasteiger partial charge >= 0.3 is 0 Å². The van der Waals surface area contributed by atoms with E-state index < -0.39 is 0 Å². The van der Waals surface area contributed by atoms with E-state index in [1.54, 1.807) is 11.3 Å². The van der Waals surface area contributed by atoms with E-state index >= 15 is 0 Å². The van der Waals surface area contributed by atoms with Crippen molar-refractivity contribution >= 4 is 34.5 Å². The third-order valence-electron chi connectivity index (χ3n) is 1.43. The van der Waals surface area contributed by atoms with Crippen molar-refractivity contribution in [3.63, 3.8) is 0 Å². The van der Waals surface area contributed by atoms with Crippen LogP contribution in [0.2, 0.25) is 0 Å². The Balaban J connectivity index is 2.82. The number of rotatable bonds is 2. The van der Waals surface area contributed by atoms with Gasteiger partial charge in [0.05, 0.1) is 10.8 Å². The molecule has 0 bridgehead atoms. The molecular weight excluding hydrogens is 199 g/mol. The summed E-state index contributed by atoms with van der Waals surface area (Å²) in [5, 5.41) is 0.202. The van der Waals surface area contributed by atoms with Gasteiger partial charge in [0.2, 0.25) is 0 Å². The molecule has 1 rings (SSSR count). The molecule has 0 nitrogen and oxygen atoms in total. The van der Waals surface area contributed by atoms with Crippen LogP contribution in [0.1, 0.15) is 34.4 Å². The molecule has 0 spiro atoms. The summed E-state index contributed by atoms with van der Waals surface area (Å²) < 4.78 is 0. The maximum atomic E-state index is 5.89. The van der Waals surface area contributed by atoms with Gasteiger partial charge in [0, 0.05) is 9.75 Å². The van der Waals surface area contributed by atoms with Crippen molar-refractivity contribution in [2.45, 2.75) is 24.6 Å². The minimum atomic E-state index is 0.101. The molecule has 0 fully saturated rings. The molecule has 0 aliphatic carbocycles. The normalized spacial score (nSPS) is 16.4. The second kappa shape index (κ2) is 3.79. The summed E-state index contributed by atoms with van der Waals surface area (Å²) in [6, 6.07) is 4.08. The molecule has 0 saturated carbocycles. The highest BCUT2D eigenvalue weighted by Crippen LogP contribution is 2.32. The highest BCUT2D eigenvalue weighted by Gasteiger charge is 2.08. The molecule has 1 heterocycles. The molecule has 0 radical (unpaired) electrons. The lowest BCUT2D eigenvalue weighted by Gasteiger charge is -1.97. The van der Waals surface area contributed by atoms with E-state index in [2.05, 4.69) is 0 Å². The number of hydrogen-bond donors (Lipinski definition) is 0. The molecule has 0 aliphatic rings. The van der Waals surface area contributed by atoms with Gasteiger partial charge in [0.25, 0.3) is 0 Å². The van der Waals surface area contributed by atoms with Crippen molar-refractivity contribution < 1.29 is 0 Å². The summed E-state index contributed by atoms with van der Waals surface area (Å²) in [6.07, 6.45) is 0. The standard InChI is InChI=1S/C8H10Cl2S/c1-5(9)7-3-4-8(11-7)6(2)10/h3-6H,1-2H3. The largest absolute Gasteiger partial charge is 0.142 e. The van der Waals surface area contributed by atoms with Gasteiger partial charge in [-0.2, -0.15) is 0 Å². The first-order chi connectivity index (χ1) is 5.11. The number of alkyl halides is 2. The van der Waals surface area contributed by atoms with Gasteiger partial charge < -0.3 is 0 Å². The van der Waals surface area contributed by atoms with Crippen LogP contribution in [0.25, 0.3) is 0 Å². The van der Waals surface area contributed by atoms with E-state index in [1.165, 1.54) is 9.75 Å². The molecule has 3 heteroatoms. The first-order valence-corrected chi connectivity index (χ1v) is 5.18. The average molecular weight is 209 g/mol. The van der Waals surface area contributed by atoms with Crippen molar-refractivity contribution in [2.24, 2.45) is 0 Å². The molecule has 0 amide bonds. The van der Waals surface area contributed by atoms with E-state index in [4.69, 9.17) is 23.2 Å². The summed E-state index contributed by atoms with van der Waals surface area (Å²) in [7, 11) is 0. The predicted octanol–water partition coefficient (Wildman–Crippen LogP) is 4.35. The van der Waals surface area contributed by atoms with Gasteiger partial charge in [-0.25, -0.2) is 0 Å². The van der Waals surface area contributed by atoms with Crippen LogP contribution in [0.15, 0.2) is 12.1 Å². The molecule has 2 unspecified atom stereocenters. The van der Waals surface area contributed by atoms with Crippen molar-refractivity contribution in [3.8, 4) is 0 Å². The Morgan fingerprint density at radius 3 is 1.64 bits per heavy atom. The second-order valence-electron chi connectivity index (χ2n) is 2.47. The van der Waals surface area contributed by atoms with E-state index in [0.29, 0.717) is 0 Å². The Morgan fingerprint density at radius 1 is 1.09 bits per heavy atom. The molecule has 1 aromatic heterocycles. The quantitative estimate of drug-likeness (QED) is 0.635. The molecule has 2 atom stereocenters. The lowest BCUT2D eigenvalue weighted by atomic mass is 10.3. The highest BCUT2D eigenvalue weighted by molar-refractivity contribution is 7.12. The minimum Gasteiger partial charge on any atom is -0.142 e. The number of thiophene rings is 1. The zero-order chi connectivity index (χ0) is 8.43. The third kappa shape index (κ3) is 2.36. The molecule has 0 N–H and O–H groups in total. The topological polar surface area (TPSA) is 0 Å². The van der Waals surface area contributed by atoms with E-state index in [0.717, 1.165) is 0 Å². The maximum Gasteiger partial charge on any atom is 0.0650 e. The van der Waals surface area contributed by atoms with Gasteiger partial charge in [0.1, 0.15) is 0 Å². The second-order valence-corrected chi connectivity index (χ2v) is 4.93. The van der Waals surface area contributed by atoms with E-state index in [1.807, 2.05) is 26.0 Å². The van der Waals surface area contributed by atoms with Crippen LogP contribution in [0.3, 0.4) is 0 Å². The van der Waals surface area contributed by atoms with Gasteiger partial charge in [-0.3, -0.25) is 0 Å². The van der Waals surface area contributed by atoms with Crippen molar-refractivity contribution in [1.29, 1.82) is 0 Å². The van der Waals surface area contributed by atoms with Crippen LogP contribution < -0.4 is 0 Å². The average Bonchev–Trinajstić information content (AvgIpc) is 2.33. The van der Waals surface area contributed by atoms with Crippen LogP contribution in [0.4, 0.5) is 0 Å². The highest BCUT2D eigenvalue weighted by atomic mass is 35.5. The fraction of sp³-hybridized carbons (Fsp3) is 0.500. The molecule has 11 heavy (non-hydrogen) atoms. The first kappa shape index (κ1) is 9.37. The maximum absolute atomic E-state index is 5.89. The molecular formula is C8H10Cl2S. The Morgan fingerprint density at radius 2 is 1.45 bits per heavy atom. The van der Waals surface area contributed by atoms with Crippen LogP contribution in [0, 0.1) is 0 Å². The molecule has 1 aromatic rings. The minimum absolute atomic E-state index is 0.101. The van der Waals surface area contributed by atoms with Crippen LogP contribution in [0.5, 0.6) is 0 Å². The molecule has 62 valence electrons. The van der Waals surface area contributed by atoms with E-state index in [-0.39, 0.29) is 10.8 Å². The molecule has 0 aromatic carbocycles. The summed E-state index contributed by atoms with van der Waals surface area (Å²) in [4.78, 5) is 2.38. The van der Waals surface area contributed by atoms with Crippen molar-refractivity contribution in [1.82, 2.24) is 0 Å². The van der Waals surface area contributed by atoms with Gasteiger partial charge in [-0.05, 0) is 26.0 Å². The van der Waals surface area contributed by atoms with Gasteiger partial charge in [-0.1, -0.05) is 0 Å². The summed E-state index contributed by atoms with van der Waals surface area (Å²) in [5.41, 5.74) is 0. The Kier molecular flexibility index (Phi) is 3.23. The number of halogens is 2. The molecule has 0 saturated heterocycles. The van der Waals surface area contributed by atoms with Gasteiger partial charge in [0.15, 0.2) is 0 Å². The predicted molar refractivity (Wildman–Crippen MR) is 52.9 cm³/mol. The Labute approximate surface area is 81.1 Å². The SMILES string of the molecule is CC(Cl)c1ccc(C(C)Cl)s1. The first-order valence-electron chi connectivity index (χ1n) is 3.49. The van der Waals surface area contributed by atoms with Crippen molar-refractivity contribution in [2.75, 3.05) is 0 Å². The fourth-order valence-electron chi connectivity index (χ4n) is 0.796. The zero-order valence-corrected chi connectivity index (χ0v) is 8.80. The summed E-state index contributed by atoms with van der Waals surface area (Å²) in [6.45, 7) is 3.94. The van der Waals surface area contributed by atoms with Crippen molar-refractivity contribution in [3.05, 3.63) is 21.9 Å². The fourth-order valence-corrected chi connectivity index (χ4v) is 2.08. The Bertz CT molecular complexity index is 205. The lowest BCUT2D eigenvalue weighted by Crippen LogP contribution is -1.75. The summed E-state index contributed by atoms with van der Waals surface area (Å²) >= 11 is 13.5. The van der Waals surface area contributed by atoms with Crippen LogP contribution >= 0.6 is 34.5 Å². The van der Waals surface area contributed by atoms with Crippen LogP contribution in [-0.4, -0.2) is 0 Å². The number of hydrogen-bond acceptors (Lipinski definition) is 1. The zero-order valence-electron chi connectivity index (χ0n) is 6.47. The smallest absolute Gasteiger partial charge is 0.0650 e. The molecule has 0 aliphatic heterocycles. The summed E-state index contributed by atoms with van der Waals surface area (Å²) in [5.74, 6) is 0. The van der Waals surface area contributed by atoms with Gasteiger partial charge in [-0.15, -0.1) is 34.5 Å². The monoisotopic (exact) mass is 208 g/mol. The lowest BCUT2D eigenvalue weighted by molar-refractivity contribution is 1.12. The third-order valence-corrected chi connectivity index (χ3v) is 3.61. The van der Waals surface area contributed by atoms with Crippen LogP contribution in [-0.2, 0) is 0 Å². The Hall–Kier alpha value is 0.280. The van der Waals surface area contributed by atoms with E-state index in [9.17, 15) is 0 Å².